The first kappa shape index (κ1) is 24.6. The molecule has 0 bridgehead atoms. The van der Waals surface area contributed by atoms with E-state index in [0.717, 1.165) is 39.2 Å². The standard InChI is InChI=1S/C32H31NO4S/c1-5-6-7-10-15-33-24-12-9-8-11-19(24)30-25(33)14-13-20-29(30)22-17-27(36-3)26(35-2)16-21(22)23-18-28(32(34)37-4)38-31(20)23/h8-9,11-14,16-18H,5-7,10,15H2,1-4H3. The zero-order chi connectivity index (χ0) is 26.4. The molecule has 6 aromatic rings. The minimum absolute atomic E-state index is 0.322. The van der Waals surface area contributed by atoms with Gasteiger partial charge in [0.1, 0.15) is 4.88 Å². The Hall–Kier alpha value is -3.77. The molecule has 0 aliphatic heterocycles. The molecule has 0 aliphatic carbocycles. The van der Waals surface area contributed by atoms with E-state index in [1.807, 2.05) is 12.1 Å². The lowest BCUT2D eigenvalue weighted by Crippen LogP contribution is -1.97. The topological polar surface area (TPSA) is 49.7 Å². The highest BCUT2D eigenvalue weighted by molar-refractivity contribution is 7.22. The van der Waals surface area contributed by atoms with E-state index in [4.69, 9.17) is 14.2 Å². The van der Waals surface area contributed by atoms with Crippen LogP contribution in [0.2, 0.25) is 0 Å². The number of methoxy groups -OCH3 is 3. The molecular formula is C32H31NO4S. The summed E-state index contributed by atoms with van der Waals surface area (Å²) in [6.45, 7) is 3.23. The van der Waals surface area contributed by atoms with E-state index in [9.17, 15) is 4.79 Å². The molecule has 0 saturated carbocycles. The number of ether oxygens (including phenoxy) is 3. The molecule has 0 aliphatic rings. The van der Waals surface area contributed by atoms with Gasteiger partial charge in [-0.3, -0.25) is 0 Å². The van der Waals surface area contributed by atoms with Crippen molar-refractivity contribution in [1.29, 1.82) is 0 Å². The van der Waals surface area contributed by atoms with Gasteiger partial charge < -0.3 is 18.8 Å². The van der Waals surface area contributed by atoms with E-state index in [1.54, 1.807) is 14.2 Å². The third-order valence-electron chi connectivity index (χ3n) is 7.62. The fourth-order valence-electron chi connectivity index (χ4n) is 5.85. The number of hydrogen-bond acceptors (Lipinski definition) is 5. The lowest BCUT2D eigenvalue weighted by molar-refractivity contribution is 0.0606. The Morgan fingerprint density at radius 3 is 2.26 bits per heavy atom. The number of aromatic nitrogens is 1. The van der Waals surface area contributed by atoms with Crippen LogP contribution >= 0.6 is 11.3 Å². The number of thiophene rings is 1. The van der Waals surface area contributed by atoms with Crippen LogP contribution in [0.1, 0.15) is 42.3 Å². The van der Waals surface area contributed by atoms with Crippen molar-refractivity contribution in [1.82, 2.24) is 4.57 Å². The molecule has 38 heavy (non-hydrogen) atoms. The summed E-state index contributed by atoms with van der Waals surface area (Å²) < 4.78 is 20.1. The fourth-order valence-corrected chi connectivity index (χ4v) is 6.97. The molecule has 0 spiro atoms. The first-order valence-electron chi connectivity index (χ1n) is 13.1. The van der Waals surface area contributed by atoms with Crippen molar-refractivity contribution in [3.8, 4) is 11.5 Å². The van der Waals surface area contributed by atoms with Crippen LogP contribution in [0.25, 0.3) is 53.4 Å². The van der Waals surface area contributed by atoms with Crippen LogP contribution in [0, 0.1) is 0 Å². The number of esters is 1. The quantitative estimate of drug-likeness (QED) is 0.113. The maximum atomic E-state index is 12.6. The van der Waals surface area contributed by atoms with Crippen LogP contribution in [0.4, 0.5) is 0 Å². The number of hydrogen-bond donors (Lipinski definition) is 0. The Kier molecular flexibility index (Phi) is 6.36. The van der Waals surface area contributed by atoms with Gasteiger partial charge in [-0.15, -0.1) is 11.3 Å². The van der Waals surface area contributed by atoms with E-state index in [-0.39, 0.29) is 5.97 Å². The van der Waals surface area contributed by atoms with Crippen molar-refractivity contribution < 1.29 is 19.0 Å². The smallest absolute Gasteiger partial charge is 0.348 e. The second kappa shape index (κ2) is 9.84. The average molecular weight is 526 g/mol. The summed E-state index contributed by atoms with van der Waals surface area (Å²) in [5, 5.41) is 7.91. The fraction of sp³-hybridized carbons (Fsp3) is 0.281. The average Bonchev–Trinajstić information content (AvgIpc) is 3.54. The van der Waals surface area contributed by atoms with Crippen molar-refractivity contribution in [2.45, 2.75) is 39.2 Å². The minimum Gasteiger partial charge on any atom is -0.493 e. The highest BCUT2D eigenvalue weighted by atomic mass is 32.1. The molecule has 0 atom stereocenters. The Labute approximate surface area is 225 Å². The SMILES string of the molecule is CCCCCCn1c2ccccc2c2c3c4cc(OC)c(OC)cc4c4cc(C(=O)OC)sc4c3ccc21. The summed E-state index contributed by atoms with van der Waals surface area (Å²) in [6, 6.07) is 19.2. The van der Waals surface area contributed by atoms with Gasteiger partial charge in [0.15, 0.2) is 11.5 Å². The molecule has 0 N–H and O–H groups in total. The lowest BCUT2D eigenvalue weighted by atomic mass is 9.94. The molecule has 0 unspecified atom stereocenters. The molecule has 0 radical (unpaired) electrons. The summed E-state index contributed by atoms with van der Waals surface area (Å²) >= 11 is 1.48. The number of rotatable bonds is 8. The van der Waals surface area contributed by atoms with Crippen LogP contribution < -0.4 is 9.47 Å². The number of aryl methyl sites for hydroxylation is 1. The summed E-state index contributed by atoms with van der Waals surface area (Å²) in [5.74, 6) is 1.03. The zero-order valence-corrected chi connectivity index (χ0v) is 23.0. The molecular weight excluding hydrogens is 494 g/mol. The van der Waals surface area contributed by atoms with E-state index >= 15 is 0 Å². The number of carbonyl (C=O) groups is 1. The molecule has 5 nitrogen and oxygen atoms in total. The molecule has 194 valence electrons. The molecule has 2 aromatic heterocycles. The Balaban J connectivity index is 1.79. The van der Waals surface area contributed by atoms with E-state index in [1.165, 1.54) is 64.9 Å². The molecule has 0 saturated heterocycles. The Morgan fingerprint density at radius 1 is 0.763 bits per heavy atom. The third-order valence-corrected chi connectivity index (χ3v) is 8.77. The molecule has 4 aromatic carbocycles. The predicted octanol–water partition coefficient (Wildman–Crippen LogP) is 8.70. The second-order valence-electron chi connectivity index (χ2n) is 9.71. The monoisotopic (exact) mass is 525 g/mol. The maximum absolute atomic E-state index is 12.6. The van der Waals surface area contributed by atoms with Gasteiger partial charge in [0.25, 0.3) is 0 Å². The highest BCUT2D eigenvalue weighted by Gasteiger charge is 2.22. The lowest BCUT2D eigenvalue weighted by Gasteiger charge is -2.14. The van der Waals surface area contributed by atoms with Gasteiger partial charge in [-0.05, 0) is 47.5 Å². The number of nitrogens with zero attached hydrogens (tertiary/aromatic N) is 1. The molecule has 0 amide bonds. The van der Waals surface area contributed by atoms with Gasteiger partial charge in [-0.2, -0.15) is 0 Å². The van der Waals surface area contributed by atoms with Crippen molar-refractivity contribution >= 4 is 70.7 Å². The largest absolute Gasteiger partial charge is 0.493 e. The van der Waals surface area contributed by atoms with Gasteiger partial charge in [-0.1, -0.05) is 50.5 Å². The van der Waals surface area contributed by atoms with Crippen LogP contribution in [0.3, 0.4) is 0 Å². The van der Waals surface area contributed by atoms with Crippen LogP contribution in [-0.2, 0) is 11.3 Å². The first-order chi connectivity index (χ1) is 18.6. The molecule has 6 rings (SSSR count). The third kappa shape index (κ3) is 3.70. The van der Waals surface area contributed by atoms with Crippen molar-refractivity contribution in [3.63, 3.8) is 0 Å². The van der Waals surface area contributed by atoms with Crippen molar-refractivity contribution in [3.05, 3.63) is 59.5 Å². The summed E-state index contributed by atoms with van der Waals surface area (Å²) in [5.41, 5.74) is 2.48. The van der Waals surface area contributed by atoms with Gasteiger partial charge in [-0.25, -0.2) is 4.79 Å². The second-order valence-corrected chi connectivity index (χ2v) is 10.8. The summed E-state index contributed by atoms with van der Waals surface area (Å²) in [7, 11) is 4.75. The van der Waals surface area contributed by atoms with Crippen LogP contribution in [0.15, 0.2) is 54.6 Å². The number of benzene rings is 4. The van der Waals surface area contributed by atoms with E-state index in [0.29, 0.717) is 16.4 Å². The summed E-state index contributed by atoms with van der Waals surface area (Å²) in [4.78, 5) is 13.1. The minimum atomic E-state index is -0.322. The highest BCUT2D eigenvalue weighted by Crippen LogP contribution is 2.47. The van der Waals surface area contributed by atoms with E-state index < -0.39 is 0 Å². The van der Waals surface area contributed by atoms with Crippen molar-refractivity contribution in [2.75, 3.05) is 21.3 Å². The predicted molar refractivity (Wildman–Crippen MR) is 158 cm³/mol. The number of carbonyl (C=O) groups excluding carboxylic acids is 1. The molecule has 6 heteroatoms. The Morgan fingerprint density at radius 2 is 1.53 bits per heavy atom. The molecule has 2 heterocycles. The first-order valence-corrected chi connectivity index (χ1v) is 14.0. The Bertz CT molecular complexity index is 1850. The molecule has 0 fully saturated rings. The van der Waals surface area contributed by atoms with Gasteiger partial charge >= 0.3 is 5.97 Å². The van der Waals surface area contributed by atoms with Gasteiger partial charge in [0.2, 0.25) is 0 Å². The van der Waals surface area contributed by atoms with Gasteiger partial charge in [0, 0.05) is 49.2 Å². The number of para-hydroxylation sites is 1. The van der Waals surface area contributed by atoms with Crippen LogP contribution in [0.5, 0.6) is 11.5 Å². The van der Waals surface area contributed by atoms with E-state index in [2.05, 4.69) is 54.0 Å². The van der Waals surface area contributed by atoms with Crippen LogP contribution in [-0.4, -0.2) is 31.9 Å². The normalized spacial score (nSPS) is 11.8. The van der Waals surface area contributed by atoms with Gasteiger partial charge in [0.05, 0.1) is 21.3 Å². The van der Waals surface area contributed by atoms with Crippen molar-refractivity contribution in [2.24, 2.45) is 0 Å². The maximum Gasteiger partial charge on any atom is 0.348 e. The zero-order valence-electron chi connectivity index (χ0n) is 22.2. The number of fused-ring (bicyclic) bond motifs is 10. The number of unbranched alkanes of at least 4 members (excludes halogenated alkanes) is 3. The summed E-state index contributed by atoms with van der Waals surface area (Å²) in [6.07, 6.45) is 4.85.